The molecule has 1 aliphatic heterocycles. The van der Waals surface area contributed by atoms with Crippen molar-refractivity contribution in [2.45, 2.75) is 37.8 Å². The van der Waals surface area contributed by atoms with E-state index in [2.05, 4.69) is 11.9 Å². The highest BCUT2D eigenvalue weighted by Crippen LogP contribution is 2.13. The molecule has 1 fully saturated rings. The van der Waals surface area contributed by atoms with Gasteiger partial charge in [-0.25, -0.2) is 4.79 Å². The van der Waals surface area contributed by atoms with Crippen molar-refractivity contribution in [3.63, 3.8) is 0 Å². The third-order valence-corrected chi connectivity index (χ3v) is 2.49. The number of aliphatic carboxylic acids is 1. The molecule has 1 aliphatic rings. The van der Waals surface area contributed by atoms with Crippen LogP contribution < -0.4 is 5.32 Å². The summed E-state index contributed by atoms with van der Waals surface area (Å²) in [6.45, 7) is 4.02. The van der Waals surface area contributed by atoms with E-state index in [0.29, 0.717) is 13.0 Å². The number of ether oxygens (including phenoxy) is 1. The molecular formula is C11H17NO4. The molecular weight excluding hydrogens is 210 g/mol. The minimum absolute atomic E-state index is 0.216. The Bertz CT molecular complexity index is 271. The molecule has 2 N–H and O–H groups in total. The van der Waals surface area contributed by atoms with Crippen LogP contribution in [-0.4, -0.2) is 35.7 Å². The van der Waals surface area contributed by atoms with Gasteiger partial charge in [-0.15, -0.1) is 6.58 Å². The smallest absolute Gasteiger partial charge is 0.326 e. The Morgan fingerprint density at radius 2 is 2.31 bits per heavy atom. The maximum atomic E-state index is 11.7. The molecule has 1 amide bonds. The maximum absolute atomic E-state index is 11.7. The van der Waals surface area contributed by atoms with E-state index in [0.717, 1.165) is 12.8 Å². The average molecular weight is 227 g/mol. The predicted molar refractivity (Wildman–Crippen MR) is 58.0 cm³/mol. The normalized spacial score (nSPS) is 22.1. The fourth-order valence-corrected chi connectivity index (χ4v) is 1.60. The molecule has 2 unspecified atom stereocenters. The summed E-state index contributed by atoms with van der Waals surface area (Å²) in [4.78, 5) is 22.5. The zero-order valence-corrected chi connectivity index (χ0v) is 9.15. The van der Waals surface area contributed by atoms with Crippen molar-refractivity contribution in [2.24, 2.45) is 0 Å². The van der Waals surface area contributed by atoms with Gasteiger partial charge in [0.05, 0.1) is 0 Å². The molecule has 1 heterocycles. The molecule has 90 valence electrons. The summed E-state index contributed by atoms with van der Waals surface area (Å²) in [5.41, 5.74) is 0. The number of carbonyl (C=O) groups excluding carboxylic acids is 1. The Kier molecular flexibility index (Phi) is 4.98. The van der Waals surface area contributed by atoms with Crippen LogP contribution in [0.4, 0.5) is 0 Å². The maximum Gasteiger partial charge on any atom is 0.326 e. The lowest BCUT2D eigenvalue weighted by molar-refractivity contribution is -0.145. The summed E-state index contributed by atoms with van der Waals surface area (Å²) < 4.78 is 5.27. The van der Waals surface area contributed by atoms with Gasteiger partial charge in [0.2, 0.25) is 5.91 Å². The van der Waals surface area contributed by atoms with Crippen LogP contribution in [-0.2, 0) is 14.3 Å². The van der Waals surface area contributed by atoms with Gasteiger partial charge < -0.3 is 15.2 Å². The molecule has 0 spiro atoms. The zero-order chi connectivity index (χ0) is 12.0. The highest BCUT2D eigenvalue weighted by atomic mass is 16.5. The van der Waals surface area contributed by atoms with E-state index in [4.69, 9.17) is 9.84 Å². The minimum Gasteiger partial charge on any atom is -0.480 e. The third-order valence-electron chi connectivity index (χ3n) is 2.49. The second kappa shape index (κ2) is 6.27. The van der Waals surface area contributed by atoms with Gasteiger partial charge in [0.1, 0.15) is 12.1 Å². The standard InChI is InChI=1S/C11H17NO4/c1-2-5-8(11(14)15)12-10(13)9-6-3-4-7-16-9/h2,8-9H,1,3-7H2,(H,12,13)(H,14,15). The van der Waals surface area contributed by atoms with Gasteiger partial charge in [-0.2, -0.15) is 0 Å². The van der Waals surface area contributed by atoms with Crippen molar-refractivity contribution >= 4 is 11.9 Å². The molecule has 0 bridgehead atoms. The van der Waals surface area contributed by atoms with Crippen molar-refractivity contribution in [3.05, 3.63) is 12.7 Å². The van der Waals surface area contributed by atoms with E-state index >= 15 is 0 Å². The molecule has 0 aliphatic carbocycles. The highest BCUT2D eigenvalue weighted by Gasteiger charge is 2.26. The van der Waals surface area contributed by atoms with Gasteiger partial charge in [-0.1, -0.05) is 6.08 Å². The van der Waals surface area contributed by atoms with E-state index < -0.39 is 18.1 Å². The van der Waals surface area contributed by atoms with Crippen LogP contribution in [0.3, 0.4) is 0 Å². The summed E-state index contributed by atoms with van der Waals surface area (Å²) in [6, 6.07) is -0.907. The molecule has 1 saturated heterocycles. The molecule has 2 atom stereocenters. The quantitative estimate of drug-likeness (QED) is 0.678. The number of hydrogen-bond donors (Lipinski definition) is 2. The monoisotopic (exact) mass is 227 g/mol. The molecule has 1 rings (SSSR count). The van der Waals surface area contributed by atoms with Gasteiger partial charge in [0.25, 0.3) is 0 Å². The largest absolute Gasteiger partial charge is 0.480 e. The second-order valence-corrected chi connectivity index (χ2v) is 3.78. The number of carboxylic acid groups (broad SMARTS) is 1. The first-order chi connectivity index (χ1) is 7.65. The minimum atomic E-state index is -1.05. The number of hydrogen-bond acceptors (Lipinski definition) is 3. The first kappa shape index (κ1) is 12.7. The number of carbonyl (C=O) groups is 2. The molecule has 16 heavy (non-hydrogen) atoms. The van der Waals surface area contributed by atoms with Crippen LogP contribution in [0.5, 0.6) is 0 Å². The fourth-order valence-electron chi connectivity index (χ4n) is 1.60. The van der Waals surface area contributed by atoms with Gasteiger partial charge in [-0.3, -0.25) is 4.79 Å². The molecule has 0 aromatic rings. The molecule has 5 nitrogen and oxygen atoms in total. The Morgan fingerprint density at radius 1 is 1.56 bits per heavy atom. The van der Waals surface area contributed by atoms with E-state index in [9.17, 15) is 9.59 Å². The van der Waals surface area contributed by atoms with Crippen LogP contribution in [0, 0.1) is 0 Å². The zero-order valence-electron chi connectivity index (χ0n) is 9.15. The third kappa shape index (κ3) is 3.66. The summed E-state index contributed by atoms with van der Waals surface area (Å²) in [5.74, 6) is -1.39. The van der Waals surface area contributed by atoms with Gasteiger partial charge >= 0.3 is 5.97 Å². The molecule has 5 heteroatoms. The predicted octanol–water partition coefficient (Wildman–Crippen LogP) is 0.701. The number of amides is 1. The first-order valence-electron chi connectivity index (χ1n) is 5.41. The first-order valence-corrected chi connectivity index (χ1v) is 5.41. The lowest BCUT2D eigenvalue weighted by atomic mass is 10.1. The van der Waals surface area contributed by atoms with E-state index in [1.807, 2.05) is 0 Å². The lowest BCUT2D eigenvalue weighted by Gasteiger charge is -2.23. The number of rotatable bonds is 5. The van der Waals surface area contributed by atoms with Crippen molar-refractivity contribution < 1.29 is 19.4 Å². The van der Waals surface area contributed by atoms with Crippen LogP contribution in [0.25, 0.3) is 0 Å². The molecule has 0 aromatic heterocycles. The second-order valence-electron chi connectivity index (χ2n) is 3.78. The lowest BCUT2D eigenvalue weighted by Crippen LogP contribution is -2.46. The molecule has 0 saturated carbocycles. The number of nitrogens with one attached hydrogen (secondary N) is 1. The van der Waals surface area contributed by atoms with E-state index in [-0.39, 0.29) is 12.3 Å². The van der Waals surface area contributed by atoms with Crippen molar-refractivity contribution in [3.8, 4) is 0 Å². The van der Waals surface area contributed by atoms with E-state index in [1.54, 1.807) is 0 Å². The Hall–Kier alpha value is -1.36. The fraction of sp³-hybridized carbons (Fsp3) is 0.636. The van der Waals surface area contributed by atoms with E-state index in [1.165, 1.54) is 6.08 Å². The Labute approximate surface area is 94.5 Å². The highest BCUT2D eigenvalue weighted by molar-refractivity contribution is 5.86. The topological polar surface area (TPSA) is 75.6 Å². The van der Waals surface area contributed by atoms with Gasteiger partial charge in [-0.05, 0) is 25.7 Å². The number of carboxylic acids is 1. The Morgan fingerprint density at radius 3 is 2.81 bits per heavy atom. The van der Waals surface area contributed by atoms with Crippen LogP contribution in [0.2, 0.25) is 0 Å². The summed E-state index contributed by atoms with van der Waals surface area (Å²) in [5, 5.41) is 11.3. The summed E-state index contributed by atoms with van der Waals surface area (Å²) in [7, 11) is 0. The van der Waals surface area contributed by atoms with Gasteiger partial charge in [0.15, 0.2) is 0 Å². The van der Waals surface area contributed by atoms with Crippen molar-refractivity contribution in [1.29, 1.82) is 0 Å². The van der Waals surface area contributed by atoms with Crippen LogP contribution in [0.15, 0.2) is 12.7 Å². The van der Waals surface area contributed by atoms with Crippen LogP contribution >= 0.6 is 0 Å². The molecule has 0 aromatic carbocycles. The van der Waals surface area contributed by atoms with Crippen molar-refractivity contribution in [2.75, 3.05) is 6.61 Å². The summed E-state index contributed by atoms with van der Waals surface area (Å²) in [6.07, 6.45) is 3.75. The summed E-state index contributed by atoms with van der Waals surface area (Å²) >= 11 is 0. The average Bonchev–Trinajstić information content (AvgIpc) is 2.29. The van der Waals surface area contributed by atoms with Gasteiger partial charge in [0, 0.05) is 6.61 Å². The Balaban J connectivity index is 2.46. The van der Waals surface area contributed by atoms with Crippen LogP contribution in [0.1, 0.15) is 25.7 Å². The SMILES string of the molecule is C=CCC(NC(=O)C1CCCCO1)C(=O)O. The molecule has 0 radical (unpaired) electrons. The van der Waals surface area contributed by atoms with Crippen molar-refractivity contribution in [1.82, 2.24) is 5.32 Å².